The molecule has 0 radical (unpaired) electrons. The molecule has 3 aromatic carbocycles. The highest BCUT2D eigenvalue weighted by Crippen LogP contribution is 2.23. The summed E-state index contributed by atoms with van der Waals surface area (Å²) in [4.78, 5) is 36.6. The molecule has 3 N–H and O–H groups in total. The van der Waals surface area contributed by atoms with Gasteiger partial charge in [0, 0.05) is 35.3 Å². The number of hydrogen-bond donors (Lipinski definition) is 3. The molecule has 0 saturated heterocycles. The van der Waals surface area contributed by atoms with Crippen LogP contribution in [0.4, 0.5) is 11.4 Å². The molecule has 0 spiro atoms. The molecule has 1 aliphatic rings. The topological polar surface area (TPSA) is 87.3 Å². The van der Waals surface area contributed by atoms with E-state index >= 15 is 0 Å². The lowest BCUT2D eigenvalue weighted by Crippen LogP contribution is -2.47. The van der Waals surface area contributed by atoms with Crippen molar-refractivity contribution in [1.82, 2.24) is 5.32 Å². The van der Waals surface area contributed by atoms with Crippen molar-refractivity contribution in [1.29, 1.82) is 0 Å². The Morgan fingerprint density at radius 1 is 0.897 bits per heavy atom. The van der Waals surface area contributed by atoms with Gasteiger partial charge in [-0.25, -0.2) is 0 Å². The lowest BCUT2D eigenvalue weighted by Gasteiger charge is -2.24. The van der Waals surface area contributed by atoms with Crippen molar-refractivity contribution in [3.63, 3.8) is 0 Å². The van der Waals surface area contributed by atoms with Gasteiger partial charge < -0.3 is 16.0 Å². The molecule has 1 unspecified atom stereocenters. The predicted molar refractivity (Wildman–Crippen MR) is 112 cm³/mol. The van der Waals surface area contributed by atoms with Crippen molar-refractivity contribution in [2.75, 3.05) is 10.6 Å². The molecule has 0 fully saturated rings. The minimum atomic E-state index is -0.678. The van der Waals surface area contributed by atoms with E-state index in [2.05, 4.69) is 16.0 Å². The van der Waals surface area contributed by atoms with Crippen LogP contribution in [0.15, 0.2) is 78.9 Å². The first-order valence-corrected chi connectivity index (χ1v) is 9.26. The van der Waals surface area contributed by atoms with Gasteiger partial charge in [0.05, 0.1) is 0 Å². The number of fused-ring (bicyclic) bond motifs is 2. The zero-order valence-electron chi connectivity index (χ0n) is 15.5. The standard InChI is InChI=1S/C23H19N3O3/c27-21(24-19-11-5-8-15-6-1-3-9-17(15)19)12-13-22(28)25-20-14-16-7-2-4-10-18(16)26-23(20)29/h1-13,20H,14H2,(H,24,27)(H,25,28)(H,26,29)/b13-12+. The Hall–Kier alpha value is -3.93. The smallest absolute Gasteiger partial charge is 0.248 e. The van der Waals surface area contributed by atoms with E-state index in [9.17, 15) is 14.4 Å². The number of anilines is 2. The molecule has 29 heavy (non-hydrogen) atoms. The van der Waals surface area contributed by atoms with E-state index in [0.717, 1.165) is 34.2 Å². The fourth-order valence-electron chi connectivity index (χ4n) is 3.35. The fourth-order valence-corrected chi connectivity index (χ4v) is 3.35. The van der Waals surface area contributed by atoms with Crippen molar-refractivity contribution in [3.05, 3.63) is 84.4 Å². The molecule has 3 amide bonds. The van der Waals surface area contributed by atoms with Crippen molar-refractivity contribution < 1.29 is 14.4 Å². The van der Waals surface area contributed by atoms with Gasteiger partial charge in [-0.05, 0) is 23.1 Å². The Labute approximate surface area is 167 Å². The van der Waals surface area contributed by atoms with Crippen LogP contribution >= 0.6 is 0 Å². The number of rotatable bonds is 4. The molecule has 144 valence electrons. The predicted octanol–water partition coefficient (Wildman–Crippen LogP) is 3.01. The summed E-state index contributed by atoms with van der Waals surface area (Å²) in [6.45, 7) is 0. The number of benzene rings is 3. The van der Waals surface area contributed by atoms with Gasteiger partial charge in [0.2, 0.25) is 17.7 Å². The fraction of sp³-hybridized carbons (Fsp3) is 0.0870. The SMILES string of the molecule is O=C(/C=C/C(=O)NC1Cc2ccccc2NC1=O)Nc1cccc2ccccc12. The summed E-state index contributed by atoms with van der Waals surface area (Å²) in [5.41, 5.74) is 2.38. The van der Waals surface area contributed by atoms with Crippen LogP contribution in [0.3, 0.4) is 0 Å². The highest BCUT2D eigenvalue weighted by atomic mass is 16.2. The van der Waals surface area contributed by atoms with Crippen molar-refractivity contribution >= 4 is 39.9 Å². The summed E-state index contributed by atoms with van der Waals surface area (Å²) in [7, 11) is 0. The summed E-state index contributed by atoms with van der Waals surface area (Å²) in [5, 5.41) is 10.1. The van der Waals surface area contributed by atoms with E-state index in [0.29, 0.717) is 12.1 Å². The van der Waals surface area contributed by atoms with E-state index in [1.807, 2.05) is 60.7 Å². The molecular weight excluding hydrogens is 366 g/mol. The second-order valence-corrected chi connectivity index (χ2v) is 6.76. The van der Waals surface area contributed by atoms with Gasteiger partial charge in [-0.1, -0.05) is 54.6 Å². The third kappa shape index (κ3) is 4.16. The second kappa shape index (κ2) is 7.98. The number of carbonyl (C=O) groups excluding carboxylic acids is 3. The quantitative estimate of drug-likeness (QED) is 0.604. The maximum Gasteiger partial charge on any atom is 0.248 e. The van der Waals surface area contributed by atoms with Crippen LogP contribution in [0, 0.1) is 0 Å². The maximum atomic E-state index is 12.2. The number of amides is 3. The Morgan fingerprint density at radius 3 is 2.52 bits per heavy atom. The Bertz CT molecular complexity index is 1130. The summed E-state index contributed by atoms with van der Waals surface area (Å²) in [5.74, 6) is -1.20. The molecule has 1 atom stereocenters. The van der Waals surface area contributed by atoms with Crippen molar-refractivity contribution in [2.45, 2.75) is 12.5 Å². The van der Waals surface area contributed by atoms with Crippen molar-refractivity contribution in [2.24, 2.45) is 0 Å². The first-order valence-electron chi connectivity index (χ1n) is 9.26. The summed E-state index contributed by atoms with van der Waals surface area (Å²) in [6, 6.07) is 20.1. The highest BCUT2D eigenvalue weighted by molar-refractivity contribution is 6.08. The second-order valence-electron chi connectivity index (χ2n) is 6.76. The van der Waals surface area contributed by atoms with Crippen LogP contribution in [0.1, 0.15) is 5.56 Å². The van der Waals surface area contributed by atoms with Crippen LogP contribution < -0.4 is 16.0 Å². The first kappa shape index (κ1) is 18.4. The molecule has 0 saturated carbocycles. The Balaban J connectivity index is 1.38. The lowest BCUT2D eigenvalue weighted by molar-refractivity contribution is -0.124. The van der Waals surface area contributed by atoms with Crippen LogP contribution in [0.5, 0.6) is 0 Å². The largest absolute Gasteiger partial charge is 0.340 e. The van der Waals surface area contributed by atoms with Crippen LogP contribution in [-0.4, -0.2) is 23.8 Å². The average Bonchev–Trinajstić information content (AvgIpc) is 2.73. The highest BCUT2D eigenvalue weighted by Gasteiger charge is 2.26. The molecule has 0 aliphatic carbocycles. The molecule has 0 aromatic heterocycles. The average molecular weight is 385 g/mol. The van der Waals surface area contributed by atoms with Gasteiger partial charge in [0.1, 0.15) is 6.04 Å². The van der Waals surface area contributed by atoms with Gasteiger partial charge in [-0.2, -0.15) is 0 Å². The minimum absolute atomic E-state index is 0.273. The van der Waals surface area contributed by atoms with E-state index in [4.69, 9.17) is 0 Å². The van der Waals surface area contributed by atoms with E-state index in [1.54, 1.807) is 6.07 Å². The number of para-hydroxylation sites is 1. The molecule has 4 rings (SSSR count). The maximum absolute atomic E-state index is 12.2. The number of hydrogen-bond acceptors (Lipinski definition) is 3. The Kier molecular flexibility index (Phi) is 5.07. The third-order valence-electron chi connectivity index (χ3n) is 4.77. The number of carbonyl (C=O) groups is 3. The van der Waals surface area contributed by atoms with Gasteiger partial charge in [0.25, 0.3) is 0 Å². The van der Waals surface area contributed by atoms with E-state index in [1.165, 1.54) is 0 Å². The normalized spacial score (nSPS) is 15.6. The molecule has 6 nitrogen and oxygen atoms in total. The van der Waals surface area contributed by atoms with Crippen LogP contribution in [0.25, 0.3) is 10.8 Å². The third-order valence-corrected chi connectivity index (χ3v) is 4.77. The van der Waals surface area contributed by atoms with Gasteiger partial charge >= 0.3 is 0 Å². The molecule has 1 heterocycles. The van der Waals surface area contributed by atoms with Crippen molar-refractivity contribution in [3.8, 4) is 0 Å². The summed E-state index contributed by atoms with van der Waals surface area (Å²) >= 11 is 0. The zero-order chi connectivity index (χ0) is 20.2. The molecular formula is C23H19N3O3. The van der Waals surface area contributed by atoms with Gasteiger partial charge in [-0.3, -0.25) is 14.4 Å². The lowest BCUT2D eigenvalue weighted by atomic mass is 9.99. The van der Waals surface area contributed by atoms with E-state index in [-0.39, 0.29) is 5.91 Å². The van der Waals surface area contributed by atoms with Gasteiger partial charge in [-0.15, -0.1) is 0 Å². The molecule has 1 aliphatic heterocycles. The molecule has 6 heteroatoms. The molecule has 3 aromatic rings. The Morgan fingerprint density at radius 2 is 1.62 bits per heavy atom. The molecule has 0 bridgehead atoms. The van der Waals surface area contributed by atoms with E-state index < -0.39 is 17.9 Å². The summed E-state index contributed by atoms with van der Waals surface area (Å²) in [6.07, 6.45) is 2.70. The zero-order valence-corrected chi connectivity index (χ0v) is 15.5. The van der Waals surface area contributed by atoms with Crippen LogP contribution in [-0.2, 0) is 20.8 Å². The van der Waals surface area contributed by atoms with Gasteiger partial charge in [0.15, 0.2) is 0 Å². The minimum Gasteiger partial charge on any atom is -0.340 e. The monoisotopic (exact) mass is 385 g/mol. The first-order chi connectivity index (χ1) is 14.1. The number of nitrogens with one attached hydrogen (secondary N) is 3. The summed E-state index contributed by atoms with van der Waals surface area (Å²) < 4.78 is 0. The van der Waals surface area contributed by atoms with Crippen LogP contribution in [0.2, 0.25) is 0 Å².